The van der Waals surface area contributed by atoms with Crippen LogP contribution in [0.1, 0.15) is 21.5 Å². The van der Waals surface area contributed by atoms with Gasteiger partial charge in [0.15, 0.2) is 5.78 Å². The molecule has 2 aromatic rings. The van der Waals surface area contributed by atoms with Crippen molar-refractivity contribution in [2.45, 2.75) is 6.92 Å². The first kappa shape index (κ1) is 14.8. The molecule has 0 radical (unpaired) electrons. The average molecular weight is 283 g/mol. The molecule has 0 amide bonds. The number of hydrogen-bond acceptors (Lipinski definition) is 4. The van der Waals surface area contributed by atoms with E-state index in [1.54, 1.807) is 38.6 Å². The van der Waals surface area contributed by atoms with Gasteiger partial charge in [-0.2, -0.15) is 0 Å². The highest BCUT2D eigenvalue weighted by Gasteiger charge is 2.05. The van der Waals surface area contributed by atoms with E-state index < -0.39 is 0 Å². The summed E-state index contributed by atoms with van der Waals surface area (Å²) < 4.78 is 10.3. The van der Waals surface area contributed by atoms with Crippen LogP contribution in [-0.2, 0) is 0 Å². The van der Waals surface area contributed by atoms with Crippen molar-refractivity contribution in [3.8, 4) is 11.6 Å². The third kappa shape index (κ3) is 3.69. The number of benzene rings is 1. The molecule has 0 aliphatic carbocycles. The first-order valence-electron chi connectivity index (χ1n) is 6.51. The fourth-order valence-electron chi connectivity index (χ4n) is 1.90. The normalized spacial score (nSPS) is 10.6. The van der Waals surface area contributed by atoms with Crippen molar-refractivity contribution in [2.75, 3.05) is 14.2 Å². The molecule has 0 saturated carbocycles. The summed E-state index contributed by atoms with van der Waals surface area (Å²) in [5.74, 6) is 1.01. The van der Waals surface area contributed by atoms with Crippen LogP contribution in [0, 0.1) is 6.92 Å². The molecule has 0 atom stereocenters. The predicted molar refractivity (Wildman–Crippen MR) is 81.9 cm³/mol. The smallest absolute Gasteiger partial charge is 0.216 e. The van der Waals surface area contributed by atoms with E-state index in [1.165, 1.54) is 6.08 Å². The fourth-order valence-corrected chi connectivity index (χ4v) is 1.90. The highest BCUT2D eigenvalue weighted by molar-refractivity contribution is 6.07. The van der Waals surface area contributed by atoms with E-state index in [0.717, 1.165) is 11.1 Å². The van der Waals surface area contributed by atoms with Crippen molar-refractivity contribution in [2.24, 2.45) is 0 Å². The number of hydrogen-bond donors (Lipinski definition) is 0. The number of ether oxygens (including phenoxy) is 2. The predicted octanol–water partition coefficient (Wildman–Crippen LogP) is 3.30. The molecule has 2 rings (SSSR count). The Morgan fingerprint density at radius 2 is 2.00 bits per heavy atom. The molecule has 0 aliphatic rings. The van der Waals surface area contributed by atoms with Crippen LogP contribution < -0.4 is 9.47 Å². The van der Waals surface area contributed by atoms with Gasteiger partial charge in [-0.15, -0.1) is 0 Å². The number of aryl methyl sites for hydroxylation is 1. The second-order valence-corrected chi connectivity index (χ2v) is 4.54. The van der Waals surface area contributed by atoms with Crippen LogP contribution in [0.3, 0.4) is 0 Å². The number of pyridine rings is 1. The molecule has 21 heavy (non-hydrogen) atoms. The third-order valence-corrected chi connectivity index (χ3v) is 3.02. The Balaban J connectivity index is 2.23. The van der Waals surface area contributed by atoms with E-state index in [-0.39, 0.29) is 5.78 Å². The summed E-state index contributed by atoms with van der Waals surface area (Å²) in [5.41, 5.74) is 2.43. The lowest BCUT2D eigenvalue weighted by Crippen LogP contribution is -1.95. The fraction of sp³-hybridized carbons (Fsp3) is 0.176. The van der Waals surface area contributed by atoms with Crippen molar-refractivity contribution < 1.29 is 14.3 Å². The minimum absolute atomic E-state index is 0.0587. The minimum atomic E-state index is -0.0587. The van der Waals surface area contributed by atoms with E-state index >= 15 is 0 Å². The molecule has 0 fully saturated rings. The number of ketones is 1. The molecule has 0 aliphatic heterocycles. The van der Waals surface area contributed by atoms with Gasteiger partial charge in [0, 0.05) is 23.4 Å². The van der Waals surface area contributed by atoms with Crippen molar-refractivity contribution in [1.29, 1.82) is 0 Å². The quantitative estimate of drug-likeness (QED) is 0.624. The maximum absolute atomic E-state index is 12.1. The summed E-state index contributed by atoms with van der Waals surface area (Å²) in [6.07, 6.45) is 4.81. The Morgan fingerprint density at radius 3 is 2.67 bits per heavy atom. The minimum Gasteiger partial charge on any atom is -0.496 e. The van der Waals surface area contributed by atoms with Crippen LogP contribution in [0.4, 0.5) is 0 Å². The second kappa shape index (κ2) is 6.70. The molecule has 1 aromatic heterocycles. The van der Waals surface area contributed by atoms with Gasteiger partial charge in [-0.25, -0.2) is 4.98 Å². The summed E-state index contributed by atoms with van der Waals surface area (Å²) in [6.45, 7) is 1.96. The molecule has 0 N–H and O–H groups in total. The van der Waals surface area contributed by atoms with E-state index in [9.17, 15) is 4.79 Å². The Kier molecular flexibility index (Phi) is 4.72. The summed E-state index contributed by atoms with van der Waals surface area (Å²) in [7, 11) is 3.10. The molecule has 1 heterocycles. The molecule has 0 unspecified atom stereocenters. The van der Waals surface area contributed by atoms with E-state index in [2.05, 4.69) is 4.98 Å². The zero-order valence-electron chi connectivity index (χ0n) is 12.3. The highest BCUT2D eigenvalue weighted by atomic mass is 16.5. The number of carbonyl (C=O) groups is 1. The number of allylic oxidation sites excluding steroid dienone is 1. The van der Waals surface area contributed by atoms with Gasteiger partial charge in [0.25, 0.3) is 0 Å². The number of methoxy groups -OCH3 is 2. The van der Waals surface area contributed by atoms with Gasteiger partial charge in [0.05, 0.1) is 14.2 Å². The van der Waals surface area contributed by atoms with Gasteiger partial charge < -0.3 is 9.47 Å². The standard InChI is InChI=1S/C17H17NO3/c1-12-5-4-6-13(9-12)15(19)8-7-14-11-18-17(21-3)10-16(14)20-2/h4-11H,1-3H3/b8-7+. The van der Waals surface area contributed by atoms with Gasteiger partial charge in [0.2, 0.25) is 5.88 Å². The van der Waals surface area contributed by atoms with Gasteiger partial charge in [-0.3, -0.25) is 4.79 Å². The number of carbonyl (C=O) groups excluding carboxylic acids is 1. The molecule has 4 heteroatoms. The van der Waals surface area contributed by atoms with Gasteiger partial charge in [-0.05, 0) is 25.1 Å². The van der Waals surface area contributed by atoms with Crippen molar-refractivity contribution >= 4 is 11.9 Å². The summed E-state index contributed by atoms with van der Waals surface area (Å²) in [6, 6.07) is 9.15. The van der Waals surface area contributed by atoms with Crippen molar-refractivity contribution in [3.63, 3.8) is 0 Å². The first-order chi connectivity index (χ1) is 10.1. The topological polar surface area (TPSA) is 48.4 Å². The van der Waals surface area contributed by atoms with Crippen LogP contribution >= 0.6 is 0 Å². The van der Waals surface area contributed by atoms with Crippen molar-refractivity contribution in [3.05, 3.63) is 59.3 Å². The van der Waals surface area contributed by atoms with Crippen LogP contribution in [0.5, 0.6) is 11.6 Å². The Morgan fingerprint density at radius 1 is 1.19 bits per heavy atom. The number of aromatic nitrogens is 1. The van der Waals surface area contributed by atoms with E-state index in [1.807, 2.05) is 25.1 Å². The molecule has 0 spiro atoms. The average Bonchev–Trinajstić information content (AvgIpc) is 2.52. The van der Waals surface area contributed by atoms with E-state index in [4.69, 9.17) is 9.47 Å². The Bertz CT molecular complexity index is 677. The Hall–Kier alpha value is -2.62. The van der Waals surface area contributed by atoms with Gasteiger partial charge in [0.1, 0.15) is 5.75 Å². The number of rotatable bonds is 5. The Labute approximate surface area is 124 Å². The lowest BCUT2D eigenvalue weighted by molar-refractivity contribution is 0.104. The maximum Gasteiger partial charge on any atom is 0.216 e. The molecule has 0 bridgehead atoms. The maximum atomic E-state index is 12.1. The van der Waals surface area contributed by atoms with Gasteiger partial charge in [-0.1, -0.05) is 23.8 Å². The zero-order valence-corrected chi connectivity index (χ0v) is 12.3. The number of nitrogens with zero attached hydrogens (tertiary/aromatic N) is 1. The van der Waals surface area contributed by atoms with Crippen LogP contribution in [0.2, 0.25) is 0 Å². The second-order valence-electron chi connectivity index (χ2n) is 4.54. The molecule has 1 aromatic carbocycles. The summed E-state index contributed by atoms with van der Waals surface area (Å²) in [4.78, 5) is 16.2. The van der Waals surface area contributed by atoms with Gasteiger partial charge >= 0.3 is 0 Å². The first-order valence-corrected chi connectivity index (χ1v) is 6.51. The lowest BCUT2D eigenvalue weighted by atomic mass is 10.1. The summed E-state index contributed by atoms with van der Waals surface area (Å²) >= 11 is 0. The monoisotopic (exact) mass is 283 g/mol. The zero-order chi connectivity index (χ0) is 15.2. The molecular formula is C17H17NO3. The van der Waals surface area contributed by atoms with Crippen LogP contribution in [0.15, 0.2) is 42.6 Å². The molecule has 0 saturated heterocycles. The van der Waals surface area contributed by atoms with Crippen LogP contribution in [0.25, 0.3) is 6.08 Å². The van der Waals surface area contributed by atoms with Crippen LogP contribution in [-0.4, -0.2) is 25.0 Å². The van der Waals surface area contributed by atoms with Crippen molar-refractivity contribution in [1.82, 2.24) is 4.98 Å². The molecule has 108 valence electrons. The summed E-state index contributed by atoms with van der Waals surface area (Å²) in [5, 5.41) is 0. The van der Waals surface area contributed by atoms with E-state index in [0.29, 0.717) is 17.2 Å². The molecule has 4 nitrogen and oxygen atoms in total. The molecular weight excluding hydrogens is 266 g/mol. The lowest BCUT2D eigenvalue weighted by Gasteiger charge is -2.06. The SMILES string of the molecule is COc1cc(OC)c(/C=C/C(=O)c2cccc(C)c2)cn1. The largest absolute Gasteiger partial charge is 0.496 e. The highest BCUT2D eigenvalue weighted by Crippen LogP contribution is 2.23. The third-order valence-electron chi connectivity index (χ3n) is 3.02.